The molecule has 7 heterocycles. The Hall–Kier alpha value is -7.18. The molecule has 0 saturated carbocycles. The summed E-state index contributed by atoms with van der Waals surface area (Å²) in [7, 11) is 0. The van der Waals surface area contributed by atoms with E-state index >= 15 is 0 Å². The first kappa shape index (κ1) is 30.8. The Labute approximate surface area is 299 Å². The predicted molar refractivity (Wildman–Crippen MR) is 217 cm³/mol. The van der Waals surface area contributed by atoms with Gasteiger partial charge in [0.25, 0.3) is 0 Å². The number of benzene rings is 4. The van der Waals surface area contributed by atoms with Crippen LogP contribution in [0.4, 0.5) is 0 Å². The van der Waals surface area contributed by atoms with Gasteiger partial charge < -0.3 is 9.97 Å². The van der Waals surface area contributed by atoms with Crippen LogP contribution in [0.15, 0.2) is 158 Å². The number of para-hydroxylation sites is 4. The second-order valence-corrected chi connectivity index (χ2v) is 12.7. The fourth-order valence-corrected chi connectivity index (χ4v) is 6.38. The minimum atomic E-state index is 0.939. The van der Waals surface area contributed by atoms with Crippen molar-refractivity contribution in [1.82, 2.24) is 29.9 Å². The van der Waals surface area contributed by atoms with Crippen LogP contribution in [0.1, 0.15) is 22.8 Å². The van der Waals surface area contributed by atoms with Crippen LogP contribution >= 0.6 is 0 Å². The summed E-state index contributed by atoms with van der Waals surface area (Å²) in [6.07, 6.45) is 8.09. The highest BCUT2D eigenvalue weighted by Gasteiger charge is 2.02. The zero-order valence-electron chi connectivity index (χ0n) is 28.1. The molecule has 0 atom stereocenters. The molecule has 0 spiro atoms. The SMILES string of the molecule is C1=Cc2cc3ccc(cc4nc(cc5ccc(cc1n2)[nH]5)C=C4)[nH]3.c1ccc2nc3ccccc3cc2c1.c1ccc2nc3ccccc3cc2c1. The zero-order valence-corrected chi connectivity index (χ0v) is 28.1. The molecule has 0 aliphatic carbocycles. The van der Waals surface area contributed by atoms with Crippen molar-refractivity contribution in [2.75, 3.05) is 0 Å². The molecule has 2 aliphatic rings. The van der Waals surface area contributed by atoms with E-state index in [1.54, 1.807) is 0 Å². The lowest BCUT2D eigenvalue weighted by Crippen LogP contribution is -1.80. The third-order valence-corrected chi connectivity index (χ3v) is 8.89. The summed E-state index contributed by atoms with van der Waals surface area (Å²) in [6, 6.07) is 53.5. The predicted octanol–water partition coefficient (Wildman–Crippen LogP) is 11.4. The van der Waals surface area contributed by atoms with Crippen molar-refractivity contribution in [2.45, 2.75) is 0 Å². The van der Waals surface area contributed by atoms with Gasteiger partial charge in [-0.25, -0.2) is 19.9 Å². The van der Waals surface area contributed by atoms with Gasteiger partial charge in [0, 0.05) is 43.6 Å². The van der Waals surface area contributed by atoms with E-state index in [4.69, 9.17) is 0 Å². The van der Waals surface area contributed by atoms with E-state index in [0.717, 1.165) is 66.9 Å². The highest BCUT2D eigenvalue weighted by Crippen LogP contribution is 2.21. The Morgan fingerprint density at radius 1 is 0.269 bits per heavy atom. The molecule has 2 N–H and O–H groups in total. The van der Waals surface area contributed by atoms with Crippen LogP contribution in [-0.2, 0) is 0 Å². The molecule has 5 aromatic heterocycles. The van der Waals surface area contributed by atoms with E-state index in [1.807, 2.05) is 121 Å². The number of fused-ring (bicyclic) bond motifs is 12. The van der Waals surface area contributed by atoms with Gasteiger partial charge >= 0.3 is 0 Å². The molecule has 11 rings (SSSR count). The third kappa shape index (κ3) is 6.82. The van der Waals surface area contributed by atoms with Crippen LogP contribution in [0.2, 0.25) is 0 Å². The highest BCUT2D eigenvalue weighted by atomic mass is 14.8. The molecule has 6 heteroatoms. The molecule has 0 unspecified atom stereocenters. The quantitative estimate of drug-likeness (QED) is 0.158. The Bertz CT molecular complexity index is 2490. The smallest absolute Gasteiger partial charge is 0.0709 e. The van der Waals surface area contributed by atoms with Crippen LogP contribution in [0.3, 0.4) is 0 Å². The summed E-state index contributed by atoms with van der Waals surface area (Å²) in [5, 5.41) is 4.80. The second-order valence-electron chi connectivity index (χ2n) is 12.7. The summed E-state index contributed by atoms with van der Waals surface area (Å²) in [6.45, 7) is 0. The van der Waals surface area contributed by atoms with E-state index in [1.165, 1.54) is 21.5 Å². The topological polar surface area (TPSA) is 83.1 Å². The first-order valence-corrected chi connectivity index (χ1v) is 17.2. The van der Waals surface area contributed by atoms with Gasteiger partial charge in [-0.2, -0.15) is 0 Å². The Balaban J connectivity index is 0.000000111. The summed E-state index contributed by atoms with van der Waals surface area (Å²) in [5.41, 5.74) is 12.1. The van der Waals surface area contributed by atoms with Gasteiger partial charge in [0.1, 0.15) is 0 Å². The number of pyridine rings is 2. The van der Waals surface area contributed by atoms with Gasteiger partial charge in [0.15, 0.2) is 0 Å². The van der Waals surface area contributed by atoms with Crippen LogP contribution in [0.25, 0.3) is 90.0 Å². The lowest BCUT2D eigenvalue weighted by Gasteiger charge is -1.99. The molecule has 0 fully saturated rings. The molecule has 2 aliphatic heterocycles. The first-order valence-electron chi connectivity index (χ1n) is 17.2. The van der Waals surface area contributed by atoms with Crippen molar-refractivity contribution in [2.24, 2.45) is 0 Å². The molecule has 0 saturated heterocycles. The summed E-state index contributed by atoms with van der Waals surface area (Å²) in [4.78, 5) is 25.2. The molecule has 246 valence electrons. The summed E-state index contributed by atoms with van der Waals surface area (Å²) in [5.74, 6) is 0. The van der Waals surface area contributed by atoms with Gasteiger partial charge in [-0.05, 0) is 109 Å². The van der Waals surface area contributed by atoms with E-state index < -0.39 is 0 Å². The van der Waals surface area contributed by atoms with Gasteiger partial charge in [-0.1, -0.05) is 72.8 Å². The van der Waals surface area contributed by atoms with Gasteiger partial charge in [0.2, 0.25) is 0 Å². The van der Waals surface area contributed by atoms with E-state index in [2.05, 4.69) is 90.6 Å². The monoisotopic (exact) mass is 668 g/mol. The number of aromatic nitrogens is 6. The Kier molecular flexibility index (Phi) is 8.08. The van der Waals surface area contributed by atoms with Crippen LogP contribution in [0, 0.1) is 0 Å². The number of rotatable bonds is 0. The van der Waals surface area contributed by atoms with Crippen molar-refractivity contribution in [3.05, 3.63) is 181 Å². The summed E-state index contributed by atoms with van der Waals surface area (Å²) >= 11 is 0. The highest BCUT2D eigenvalue weighted by molar-refractivity contribution is 5.93. The van der Waals surface area contributed by atoms with Crippen LogP contribution in [-0.4, -0.2) is 29.9 Å². The van der Waals surface area contributed by atoms with E-state index in [-0.39, 0.29) is 0 Å². The number of H-pyrrole nitrogens is 2. The van der Waals surface area contributed by atoms with Gasteiger partial charge in [-0.3, -0.25) is 0 Å². The maximum absolute atomic E-state index is 4.63. The molecular formula is C46H32N6. The minimum Gasteiger partial charge on any atom is -0.355 e. The van der Waals surface area contributed by atoms with Crippen LogP contribution < -0.4 is 0 Å². The standard InChI is InChI=1S/C20H14N4.2C13H9N/c1-2-14-10-16-5-6-18(23-16)12-20-8-7-19(24-20)11-17-4-3-15(22-17)9-13(1)21-14;2*1-3-7-12-10(5-1)9-11-6-2-4-8-13(11)14-12/h1-12,21,24H;2*1-9H. The first-order chi connectivity index (χ1) is 25.7. The Morgan fingerprint density at radius 2 is 0.538 bits per heavy atom. The molecule has 6 nitrogen and oxygen atoms in total. The average Bonchev–Trinajstić information content (AvgIpc) is 4.01. The van der Waals surface area contributed by atoms with Crippen LogP contribution in [0.5, 0.6) is 0 Å². The van der Waals surface area contributed by atoms with Gasteiger partial charge in [0.05, 0.1) is 44.8 Å². The molecular weight excluding hydrogens is 637 g/mol. The van der Waals surface area contributed by atoms with E-state index in [0.29, 0.717) is 0 Å². The molecule has 0 amide bonds. The number of nitrogens with one attached hydrogen (secondary N) is 2. The normalized spacial score (nSPS) is 11.7. The molecule has 9 aromatic rings. The van der Waals surface area contributed by atoms with Crippen molar-refractivity contribution in [3.63, 3.8) is 0 Å². The molecule has 8 bridgehead atoms. The number of aromatic amines is 2. The molecule has 4 aromatic carbocycles. The van der Waals surface area contributed by atoms with Gasteiger partial charge in [-0.15, -0.1) is 0 Å². The summed E-state index contributed by atoms with van der Waals surface area (Å²) < 4.78 is 0. The lowest BCUT2D eigenvalue weighted by molar-refractivity contribution is 1.31. The second kappa shape index (κ2) is 13.6. The number of hydrogen-bond donors (Lipinski definition) is 2. The fourth-order valence-electron chi connectivity index (χ4n) is 6.38. The molecule has 52 heavy (non-hydrogen) atoms. The van der Waals surface area contributed by atoms with Crippen molar-refractivity contribution < 1.29 is 0 Å². The maximum Gasteiger partial charge on any atom is 0.0709 e. The van der Waals surface area contributed by atoms with E-state index in [9.17, 15) is 0 Å². The van der Waals surface area contributed by atoms with Crippen molar-refractivity contribution >= 4 is 90.0 Å². The maximum atomic E-state index is 4.63. The largest absolute Gasteiger partial charge is 0.355 e. The number of hydrogen-bond acceptors (Lipinski definition) is 4. The van der Waals surface area contributed by atoms with Crippen molar-refractivity contribution in [1.29, 1.82) is 0 Å². The zero-order chi connectivity index (χ0) is 34.7. The average molecular weight is 669 g/mol. The number of nitrogens with zero attached hydrogens (tertiary/aromatic N) is 4. The van der Waals surface area contributed by atoms with Crippen molar-refractivity contribution in [3.8, 4) is 0 Å². The Morgan fingerprint density at radius 3 is 0.827 bits per heavy atom. The minimum absolute atomic E-state index is 0.939. The fraction of sp³-hybridized carbons (Fsp3) is 0. The lowest BCUT2D eigenvalue weighted by atomic mass is 10.1. The third-order valence-electron chi connectivity index (χ3n) is 8.89. The molecule has 0 radical (unpaired) electrons.